The Morgan fingerprint density at radius 3 is 3.00 bits per heavy atom. The molecule has 2 rings (SSSR count). The molecular formula is C8H6ClNO. The highest BCUT2D eigenvalue weighted by atomic mass is 35.5. The van der Waals surface area contributed by atoms with Crippen LogP contribution in [0, 0.1) is 0 Å². The number of benzene rings is 1. The van der Waals surface area contributed by atoms with Crippen LogP contribution >= 0.6 is 11.9 Å². The van der Waals surface area contributed by atoms with Crippen molar-refractivity contribution in [2.45, 2.75) is 0 Å². The second kappa shape index (κ2) is 2.47. The predicted molar refractivity (Wildman–Crippen MR) is 44.8 cm³/mol. The zero-order valence-electron chi connectivity index (χ0n) is 5.67. The highest BCUT2D eigenvalue weighted by Crippen LogP contribution is 2.24. The van der Waals surface area contributed by atoms with Gasteiger partial charge in [-0.05, 0) is 12.1 Å². The number of hydrogen-bond acceptors (Lipinski definition) is 1. The first kappa shape index (κ1) is 6.55. The number of aromatic nitrogens is 1. The molecule has 0 saturated carbocycles. The van der Waals surface area contributed by atoms with Crippen molar-refractivity contribution in [3.05, 3.63) is 30.5 Å². The van der Waals surface area contributed by atoms with E-state index in [1.807, 2.05) is 30.5 Å². The zero-order chi connectivity index (χ0) is 7.68. The van der Waals surface area contributed by atoms with Crippen molar-refractivity contribution in [3.8, 4) is 5.75 Å². The summed E-state index contributed by atoms with van der Waals surface area (Å²) in [6.45, 7) is 0. The molecule has 2 nitrogen and oxygen atoms in total. The van der Waals surface area contributed by atoms with Crippen LogP contribution in [0.1, 0.15) is 0 Å². The van der Waals surface area contributed by atoms with Crippen LogP contribution in [-0.4, -0.2) is 4.98 Å². The molecule has 1 aromatic heterocycles. The third-order valence-electron chi connectivity index (χ3n) is 1.63. The summed E-state index contributed by atoms with van der Waals surface area (Å²) in [6, 6.07) is 7.67. The van der Waals surface area contributed by atoms with Crippen LogP contribution in [0.3, 0.4) is 0 Å². The van der Waals surface area contributed by atoms with Crippen molar-refractivity contribution < 1.29 is 4.29 Å². The fraction of sp³-hybridized carbons (Fsp3) is 0. The first-order valence-electron chi connectivity index (χ1n) is 3.26. The summed E-state index contributed by atoms with van der Waals surface area (Å²) < 4.78 is 4.63. The zero-order valence-corrected chi connectivity index (χ0v) is 6.43. The number of rotatable bonds is 1. The molecule has 1 aromatic carbocycles. The van der Waals surface area contributed by atoms with Gasteiger partial charge in [0, 0.05) is 11.6 Å². The van der Waals surface area contributed by atoms with Crippen LogP contribution in [0.5, 0.6) is 5.75 Å². The molecule has 0 aliphatic carbocycles. The standard InChI is InChI=1S/C8H6ClNO/c9-11-7-3-1-2-6-4-5-10-8(6)7/h1-5,10H. The Labute approximate surface area is 68.9 Å². The maximum Gasteiger partial charge on any atom is 0.170 e. The minimum absolute atomic E-state index is 0.661. The maximum atomic E-state index is 5.24. The van der Waals surface area contributed by atoms with Crippen LogP contribution in [-0.2, 0) is 0 Å². The van der Waals surface area contributed by atoms with E-state index < -0.39 is 0 Å². The SMILES string of the molecule is ClOc1cccc2cc[nH]c12. The van der Waals surface area contributed by atoms with Gasteiger partial charge in [-0.3, -0.25) is 0 Å². The van der Waals surface area contributed by atoms with Gasteiger partial charge >= 0.3 is 0 Å². The Hall–Kier alpha value is -1.15. The number of hydrogen-bond donors (Lipinski definition) is 1. The second-order valence-electron chi connectivity index (χ2n) is 2.28. The van der Waals surface area contributed by atoms with E-state index in [-0.39, 0.29) is 0 Å². The first-order valence-corrected chi connectivity index (χ1v) is 3.57. The van der Waals surface area contributed by atoms with Gasteiger partial charge in [0.2, 0.25) is 0 Å². The molecule has 0 aliphatic heterocycles. The van der Waals surface area contributed by atoms with E-state index in [9.17, 15) is 0 Å². The van der Waals surface area contributed by atoms with Gasteiger partial charge in [-0.2, -0.15) is 0 Å². The lowest BCUT2D eigenvalue weighted by atomic mass is 10.2. The largest absolute Gasteiger partial charge is 0.383 e. The number of halogens is 1. The summed E-state index contributed by atoms with van der Waals surface area (Å²) in [6.07, 6.45) is 1.85. The molecule has 56 valence electrons. The Balaban J connectivity index is 2.79. The molecule has 1 N–H and O–H groups in total. The smallest absolute Gasteiger partial charge is 0.170 e. The minimum atomic E-state index is 0.661. The molecule has 0 amide bonds. The second-order valence-corrected chi connectivity index (χ2v) is 2.43. The van der Waals surface area contributed by atoms with Crippen molar-refractivity contribution in [1.82, 2.24) is 4.98 Å². The first-order chi connectivity index (χ1) is 5.42. The lowest BCUT2D eigenvalue weighted by Crippen LogP contribution is -1.76. The van der Waals surface area contributed by atoms with Gasteiger partial charge in [0.25, 0.3) is 0 Å². The normalized spacial score (nSPS) is 10.3. The summed E-state index contributed by atoms with van der Waals surface area (Å²) in [7, 11) is 0. The molecular weight excluding hydrogens is 162 g/mol. The molecule has 0 unspecified atom stereocenters. The van der Waals surface area contributed by atoms with Crippen LogP contribution in [0.4, 0.5) is 0 Å². The summed E-state index contributed by atoms with van der Waals surface area (Å²) in [5.41, 5.74) is 0.933. The van der Waals surface area contributed by atoms with Crippen molar-refractivity contribution in [3.63, 3.8) is 0 Å². The maximum absolute atomic E-state index is 5.24. The number of nitrogens with one attached hydrogen (secondary N) is 1. The molecule has 0 aliphatic rings. The quantitative estimate of drug-likeness (QED) is 0.694. The van der Waals surface area contributed by atoms with Crippen LogP contribution in [0.25, 0.3) is 10.9 Å². The molecule has 0 fully saturated rings. The molecule has 11 heavy (non-hydrogen) atoms. The molecule has 0 spiro atoms. The van der Waals surface area contributed by atoms with E-state index >= 15 is 0 Å². The Kier molecular flexibility index (Phi) is 1.47. The fourth-order valence-corrected chi connectivity index (χ4v) is 1.25. The molecule has 0 radical (unpaired) electrons. The molecule has 0 bridgehead atoms. The number of para-hydroxylation sites is 1. The van der Waals surface area contributed by atoms with E-state index in [0.717, 1.165) is 10.9 Å². The van der Waals surface area contributed by atoms with Gasteiger partial charge < -0.3 is 9.27 Å². The summed E-state index contributed by atoms with van der Waals surface area (Å²) in [5, 5.41) is 1.10. The number of fused-ring (bicyclic) bond motifs is 1. The van der Waals surface area contributed by atoms with E-state index in [1.165, 1.54) is 0 Å². The van der Waals surface area contributed by atoms with Gasteiger partial charge in [-0.1, -0.05) is 12.1 Å². The van der Waals surface area contributed by atoms with Gasteiger partial charge in [-0.25, -0.2) is 0 Å². The highest BCUT2D eigenvalue weighted by molar-refractivity contribution is 6.10. The van der Waals surface area contributed by atoms with Crippen molar-refractivity contribution >= 4 is 22.8 Å². The Bertz CT molecular complexity index is 369. The van der Waals surface area contributed by atoms with Crippen LogP contribution < -0.4 is 4.29 Å². The van der Waals surface area contributed by atoms with E-state index in [4.69, 9.17) is 11.9 Å². The van der Waals surface area contributed by atoms with Gasteiger partial charge in [0.15, 0.2) is 5.75 Å². The van der Waals surface area contributed by atoms with Crippen LogP contribution in [0.15, 0.2) is 30.5 Å². The van der Waals surface area contributed by atoms with Crippen molar-refractivity contribution in [2.75, 3.05) is 0 Å². The molecule has 3 heteroatoms. The van der Waals surface area contributed by atoms with Gasteiger partial charge in [-0.15, -0.1) is 0 Å². The third-order valence-corrected chi connectivity index (χ3v) is 1.80. The summed E-state index contributed by atoms with van der Waals surface area (Å²) in [5.74, 6) is 0.661. The van der Waals surface area contributed by atoms with Gasteiger partial charge in [0.05, 0.1) is 5.52 Å². The Morgan fingerprint density at radius 2 is 2.18 bits per heavy atom. The molecule has 0 saturated heterocycles. The lowest BCUT2D eigenvalue weighted by Gasteiger charge is -1.95. The Morgan fingerprint density at radius 1 is 1.27 bits per heavy atom. The molecule has 1 heterocycles. The average Bonchev–Trinajstić information content (AvgIpc) is 2.50. The summed E-state index contributed by atoms with van der Waals surface area (Å²) >= 11 is 5.24. The topological polar surface area (TPSA) is 25.0 Å². The van der Waals surface area contributed by atoms with E-state index in [2.05, 4.69) is 9.27 Å². The number of H-pyrrole nitrogens is 1. The average molecular weight is 168 g/mol. The predicted octanol–water partition coefficient (Wildman–Crippen LogP) is 2.70. The van der Waals surface area contributed by atoms with Crippen molar-refractivity contribution in [2.24, 2.45) is 0 Å². The van der Waals surface area contributed by atoms with E-state index in [0.29, 0.717) is 5.75 Å². The minimum Gasteiger partial charge on any atom is -0.383 e. The molecule has 0 atom stereocenters. The lowest BCUT2D eigenvalue weighted by molar-refractivity contribution is 0.625. The third kappa shape index (κ3) is 0.955. The monoisotopic (exact) mass is 167 g/mol. The fourth-order valence-electron chi connectivity index (χ4n) is 1.12. The van der Waals surface area contributed by atoms with E-state index in [1.54, 1.807) is 0 Å². The summed E-state index contributed by atoms with van der Waals surface area (Å²) in [4.78, 5) is 3.03. The van der Waals surface area contributed by atoms with Gasteiger partial charge in [0.1, 0.15) is 11.9 Å². The molecule has 2 aromatic rings. The van der Waals surface area contributed by atoms with Crippen LogP contribution in [0.2, 0.25) is 0 Å². The number of aromatic amines is 1. The highest BCUT2D eigenvalue weighted by Gasteiger charge is 2.00. The van der Waals surface area contributed by atoms with Crippen molar-refractivity contribution in [1.29, 1.82) is 0 Å².